The zero-order valence-electron chi connectivity index (χ0n) is 15.8. The van der Waals surface area contributed by atoms with Crippen LogP contribution < -0.4 is 16.2 Å². The van der Waals surface area contributed by atoms with Crippen molar-refractivity contribution in [2.24, 2.45) is 11.7 Å². The molecule has 27 heavy (non-hydrogen) atoms. The van der Waals surface area contributed by atoms with Gasteiger partial charge < -0.3 is 21.1 Å². The molecule has 1 saturated heterocycles. The molecule has 1 aromatic carbocycles. The number of nitrogens with two attached hydrogens (primary N) is 2. The van der Waals surface area contributed by atoms with E-state index in [-0.39, 0.29) is 5.78 Å². The lowest BCUT2D eigenvalue weighted by Gasteiger charge is -2.33. The Morgan fingerprint density at radius 3 is 2.56 bits per heavy atom. The third-order valence-corrected chi connectivity index (χ3v) is 6.67. The van der Waals surface area contributed by atoms with E-state index in [2.05, 4.69) is 4.90 Å². The Balaban J connectivity index is 1.85. The molecule has 0 spiro atoms. The number of rotatable bonds is 8. The summed E-state index contributed by atoms with van der Waals surface area (Å²) in [6.45, 7) is 1.93. The molecule has 2 rings (SSSR count). The van der Waals surface area contributed by atoms with E-state index in [1.807, 2.05) is 0 Å². The summed E-state index contributed by atoms with van der Waals surface area (Å²) >= 11 is 6.03. The van der Waals surface area contributed by atoms with E-state index < -0.39 is 15.2 Å². The van der Waals surface area contributed by atoms with E-state index in [0.717, 1.165) is 38.6 Å². The maximum absolute atomic E-state index is 12.6. The van der Waals surface area contributed by atoms with Gasteiger partial charge in [-0.3, -0.25) is 4.79 Å². The number of hydrogen-bond acceptors (Lipinski definition) is 7. The Morgan fingerprint density at radius 2 is 2.00 bits per heavy atom. The molecule has 1 aliphatic heterocycles. The normalized spacial score (nSPS) is 17.6. The van der Waals surface area contributed by atoms with Crippen LogP contribution in [0.1, 0.15) is 36.0 Å². The summed E-state index contributed by atoms with van der Waals surface area (Å²) in [5.41, 5.74) is 12.3. The lowest BCUT2D eigenvalue weighted by atomic mass is 9.90. The number of ketones is 1. The highest BCUT2D eigenvalue weighted by Crippen LogP contribution is 2.31. The van der Waals surface area contributed by atoms with Crippen LogP contribution >= 0.6 is 11.6 Å². The number of nitrogens with zero attached hydrogens (tertiary/aromatic N) is 1. The largest absolute Gasteiger partial charge is 0.496 e. The molecule has 1 atom stereocenters. The molecule has 4 N–H and O–H groups in total. The van der Waals surface area contributed by atoms with Gasteiger partial charge in [0.1, 0.15) is 11.1 Å². The van der Waals surface area contributed by atoms with E-state index >= 15 is 0 Å². The highest BCUT2D eigenvalue weighted by atomic mass is 35.5. The molecule has 1 aliphatic rings. The number of likely N-dealkylation sites (tertiary alicyclic amines) is 1. The summed E-state index contributed by atoms with van der Waals surface area (Å²) in [4.78, 5) is 14.7. The van der Waals surface area contributed by atoms with Crippen LogP contribution in [0.15, 0.2) is 12.1 Å². The van der Waals surface area contributed by atoms with Crippen LogP contribution in [0.4, 0.5) is 5.69 Å². The number of Topliss-reactive ketones (excluding diaryl/α,β-unsaturated/α-hetero) is 1. The van der Waals surface area contributed by atoms with Crippen LogP contribution in [-0.4, -0.2) is 57.5 Å². The highest BCUT2D eigenvalue weighted by Gasteiger charge is 2.25. The van der Waals surface area contributed by atoms with Gasteiger partial charge in [-0.05, 0) is 44.3 Å². The zero-order valence-corrected chi connectivity index (χ0v) is 17.4. The van der Waals surface area contributed by atoms with Gasteiger partial charge in [0.2, 0.25) is 0 Å². The van der Waals surface area contributed by atoms with Crippen LogP contribution in [0.3, 0.4) is 0 Å². The first-order valence-corrected chi connectivity index (χ1v) is 11.3. The van der Waals surface area contributed by atoms with Crippen LogP contribution in [0.25, 0.3) is 0 Å². The van der Waals surface area contributed by atoms with Crippen LogP contribution in [-0.2, 0) is 9.84 Å². The minimum absolute atomic E-state index is 0.0183. The van der Waals surface area contributed by atoms with Crippen molar-refractivity contribution in [3.8, 4) is 5.75 Å². The van der Waals surface area contributed by atoms with Crippen LogP contribution in [0.5, 0.6) is 5.75 Å². The molecule has 1 fully saturated rings. The summed E-state index contributed by atoms with van der Waals surface area (Å²) in [6.07, 6.45) is 4.18. The summed E-state index contributed by atoms with van der Waals surface area (Å²) in [7, 11) is -1.72. The first-order valence-electron chi connectivity index (χ1n) is 8.94. The number of carbonyl (C=O) groups is 1. The third kappa shape index (κ3) is 6.07. The fraction of sp³-hybridized carbons (Fsp3) is 0.611. The second-order valence-corrected chi connectivity index (χ2v) is 9.82. The number of hydrogen-bond donors (Lipinski definition) is 2. The van der Waals surface area contributed by atoms with Crippen molar-refractivity contribution in [2.45, 2.75) is 31.1 Å². The number of sulfone groups is 1. The molecule has 0 saturated carbocycles. The summed E-state index contributed by atoms with van der Waals surface area (Å²) in [5, 5.41) is -0.506. The maximum atomic E-state index is 12.6. The van der Waals surface area contributed by atoms with E-state index in [0.29, 0.717) is 40.9 Å². The molecule has 0 aromatic heterocycles. The topological polar surface area (TPSA) is 116 Å². The van der Waals surface area contributed by atoms with Crippen molar-refractivity contribution < 1.29 is 17.9 Å². The molecule has 0 bridgehead atoms. The van der Waals surface area contributed by atoms with Gasteiger partial charge in [0, 0.05) is 25.3 Å². The average molecular weight is 418 g/mol. The summed E-state index contributed by atoms with van der Waals surface area (Å²) in [5.74, 6) is 0.844. The van der Waals surface area contributed by atoms with Crippen molar-refractivity contribution >= 4 is 32.9 Å². The average Bonchev–Trinajstić information content (AvgIpc) is 2.61. The number of ether oxygens (including phenoxy) is 1. The van der Waals surface area contributed by atoms with E-state index in [1.54, 1.807) is 12.1 Å². The number of halogens is 1. The number of benzene rings is 1. The van der Waals surface area contributed by atoms with Gasteiger partial charge in [-0.2, -0.15) is 0 Å². The van der Waals surface area contributed by atoms with Gasteiger partial charge >= 0.3 is 0 Å². The third-order valence-electron chi connectivity index (χ3n) is 5.09. The van der Waals surface area contributed by atoms with Gasteiger partial charge in [-0.15, -0.1) is 0 Å². The smallest absolute Gasteiger partial charge is 0.166 e. The zero-order chi connectivity index (χ0) is 20.2. The predicted octanol–water partition coefficient (Wildman–Crippen LogP) is 1.94. The van der Waals surface area contributed by atoms with Crippen LogP contribution in [0.2, 0.25) is 5.02 Å². The van der Waals surface area contributed by atoms with Crippen molar-refractivity contribution in [1.82, 2.24) is 4.90 Å². The Bertz CT molecular complexity index is 777. The minimum atomic E-state index is -3.22. The minimum Gasteiger partial charge on any atom is -0.496 e. The summed E-state index contributed by atoms with van der Waals surface area (Å²) < 4.78 is 28.2. The molecule has 9 heteroatoms. The standard InChI is InChI=1S/C18H28ClN3O4S/c1-26-17-10-15(20)14(19)9-13(17)16(23)4-3-12-5-7-22(8-6-12)11-18(21)27(2,24)25/h9-10,12,18H,3-8,11,20-21H2,1-2H3. The van der Waals surface area contributed by atoms with Gasteiger partial charge in [-0.25, -0.2) is 8.42 Å². The molecule has 1 aromatic rings. The quantitative estimate of drug-likeness (QED) is 0.490. The number of piperidine rings is 1. The van der Waals surface area contributed by atoms with Crippen molar-refractivity contribution in [1.29, 1.82) is 0 Å². The number of carbonyl (C=O) groups excluding carboxylic acids is 1. The van der Waals surface area contributed by atoms with E-state index in [4.69, 9.17) is 27.8 Å². The molecule has 0 radical (unpaired) electrons. The molecule has 0 aliphatic carbocycles. The Kier molecular flexibility index (Phi) is 7.50. The first kappa shape index (κ1) is 21.9. The number of methoxy groups -OCH3 is 1. The Hall–Kier alpha value is -1.35. The molecule has 1 unspecified atom stereocenters. The summed E-state index contributed by atoms with van der Waals surface area (Å²) in [6, 6.07) is 3.13. The monoisotopic (exact) mass is 417 g/mol. The molecule has 0 amide bonds. The second-order valence-electron chi connectivity index (χ2n) is 7.15. The van der Waals surface area contributed by atoms with Gasteiger partial charge in [0.25, 0.3) is 0 Å². The molecule has 152 valence electrons. The molecular weight excluding hydrogens is 390 g/mol. The van der Waals surface area contributed by atoms with Crippen molar-refractivity contribution in [2.75, 3.05) is 38.7 Å². The van der Waals surface area contributed by atoms with E-state index in [1.165, 1.54) is 7.11 Å². The van der Waals surface area contributed by atoms with Gasteiger partial charge in [0.15, 0.2) is 15.6 Å². The SMILES string of the molecule is COc1cc(N)c(Cl)cc1C(=O)CCC1CCN(CC(N)S(C)(=O)=O)CC1. The Labute approximate surface area is 165 Å². The van der Waals surface area contributed by atoms with Gasteiger partial charge in [-0.1, -0.05) is 11.6 Å². The Morgan fingerprint density at radius 1 is 1.37 bits per heavy atom. The van der Waals surface area contributed by atoms with Crippen molar-refractivity contribution in [3.63, 3.8) is 0 Å². The van der Waals surface area contributed by atoms with Gasteiger partial charge in [0.05, 0.1) is 23.4 Å². The first-order chi connectivity index (χ1) is 12.6. The molecule has 7 nitrogen and oxygen atoms in total. The van der Waals surface area contributed by atoms with Crippen LogP contribution in [0, 0.1) is 5.92 Å². The van der Waals surface area contributed by atoms with Crippen molar-refractivity contribution in [3.05, 3.63) is 22.7 Å². The fourth-order valence-corrected chi connectivity index (χ4v) is 3.92. The maximum Gasteiger partial charge on any atom is 0.166 e. The highest BCUT2D eigenvalue weighted by molar-refractivity contribution is 7.91. The number of anilines is 1. The molecular formula is C18H28ClN3O4S. The lowest BCUT2D eigenvalue weighted by molar-refractivity contribution is 0.0959. The second kappa shape index (κ2) is 9.23. The lowest BCUT2D eigenvalue weighted by Crippen LogP contribution is -2.45. The molecule has 1 heterocycles. The fourth-order valence-electron chi connectivity index (χ4n) is 3.27. The predicted molar refractivity (Wildman–Crippen MR) is 108 cm³/mol. The van der Waals surface area contributed by atoms with E-state index in [9.17, 15) is 13.2 Å². The number of nitrogen functional groups attached to an aromatic ring is 1.